The molecule has 0 radical (unpaired) electrons. The van der Waals surface area contributed by atoms with Gasteiger partial charge in [-0.05, 0) is 41.4 Å². The number of amides is 1. The molecule has 2 N–H and O–H groups in total. The Bertz CT molecular complexity index is 393. The van der Waals surface area contributed by atoms with Gasteiger partial charge in [0.15, 0.2) is 0 Å². The van der Waals surface area contributed by atoms with Gasteiger partial charge in [0.25, 0.3) is 0 Å². The molecule has 0 spiro atoms. The van der Waals surface area contributed by atoms with E-state index in [1.807, 2.05) is 6.07 Å². The number of anilines is 1. The second-order valence-electron chi connectivity index (χ2n) is 3.79. The summed E-state index contributed by atoms with van der Waals surface area (Å²) in [5.41, 5.74) is 0.681. The predicted molar refractivity (Wildman–Crippen MR) is 70.2 cm³/mol. The van der Waals surface area contributed by atoms with Crippen molar-refractivity contribution in [3.05, 3.63) is 22.7 Å². The molecular formula is C12H16BrNO3. The first-order valence-electron chi connectivity index (χ1n) is 5.34. The number of aliphatic hydroxyl groups is 1. The van der Waals surface area contributed by atoms with Crippen molar-refractivity contribution in [2.24, 2.45) is 0 Å². The SMILES string of the molecule is COc1cc(NC(=O)CCC(C)O)ccc1Br. The van der Waals surface area contributed by atoms with Crippen molar-refractivity contribution >= 4 is 27.5 Å². The fourth-order valence-corrected chi connectivity index (χ4v) is 1.71. The number of carbonyl (C=O) groups is 1. The third-order valence-electron chi connectivity index (χ3n) is 2.22. The molecule has 0 aliphatic carbocycles. The Hall–Kier alpha value is -1.07. The topological polar surface area (TPSA) is 58.6 Å². The van der Waals surface area contributed by atoms with E-state index >= 15 is 0 Å². The summed E-state index contributed by atoms with van der Waals surface area (Å²) in [6, 6.07) is 5.33. The highest BCUT2D eigenvalue weighted by atomic mass is 79.9. The molecular weight excluding hydrogens is 286 g/mol. The number of aliphatic hydroxyl groups excluding tert-OH is 1. The summed E-state index contributed by atoms with van der Waals surface area (Å²) in [7, 11) is 1.57. The number of nitrogens with one attached hydrogen (secondary N) is 1. The second-order valence-corrected chi connectivity index (χ2v) is 4.64. The van der Waals surface area contributed by atoms with Crippen molar-refractivity contribution in [3.8, 4) is 5.75 Å². The van der Waals surface area contributed by atoms with Gasteiger partial charge in [0.05, 0.1) is 17.7 Å². The highest BCUT2D eigenvalue weighted by molar-refractivity contribution is 9.10. The average molecular weight is 302 g/mol. The fraction of sp³-hybridized carbons (Fsp3) is 0.417. The maximum atomic E-state index is 11.5. The lowest BCUT2D eigenvalue weighted by Crippen LogP contribution is -2.14. The maximum Gasteiger partial charge on any atom is 0.224 e. The highest BCUT2D eigenvalue weighted by Gasteiger charge is 2.06. The summed E-state index contributed by atoms with van der Waals surface area (Å²) in [6.45, 7) is 1.66. The molecule has 0 aliphatic rings. The predicted octanol–water partition coefficient (Wildman–Crippen LogP) is 2.56. The first-order valence-corrected chi connectivity index (χ1v) is 6.13. The Morgan fingerprint density at radius 2 is 2.29 bits per heavy atom. The first-order chi connectivity index (χ1) is 8.02. The molecule has 0 saturated heterocycles. The van der Waals surface area contributed by atoms with Crippen LogP contribution in [-0.4, -0.2) is 24.2 Å². The van der Waals surface area contributed by atoms with Crippen LogP contribution in [0.4, 0.5) is 5.69 Å². The fourth-order valence-electron chi connectivity index (χ4n) is 1.30. The Kier molecular flexibility index (Phi) is 5.44. The molecule has 1 unspecified atom stereocenters. The number of benzene rings is 1. The first kappa shape index (κ1) is 14.0. The molecule has 0 fully saturated rings. The van der Waals surface area contributed by atoms with Gasteiger partial charge in [0, 0.05) is 18.2 Å². The smallest absolute Gasteiger partial charge is 0.224 e. The van der Waals surface area contributed by atoms with Gasteiger partial charge in [-0.2, -0.15) is 0 Å². The lowest BCUT2D eigenvalue weighted by Gasteiger charge is -2.09. The van der Waals surface area contributed by atoms with E-state index < -0.39 is 6.10 Å². The Morgan fingerprint density at radius 1 is 1.59 bits per heavy atom. The van der Waals surface area contributed by atoms with Crippen molar-refractivity contribution in [1.82, 2.24) is 0 Å². The Labute approximate surface area is 109 Å². The van der Waals surface area contributed by atoms with E-state index in [1.165, 1.54) is 0 Å². The Morgan fingerprint density at radius 3 is 2.88 bits per heavy atom. The number of halogens is 1. The van der Waals surface area contributed by atoms with Gasteiger partial charge in [0.1, 0.15) is 5.75 Å². The minimum atomic E-state index is -0.458. The van der Waals surface area contributed by atoms with E-state index in [9.17, 15) is 4.79 Å². The maximum absolute atomic E-state index is 11.5. The van der Waals surface area contributed by atoms with Crippen molar-refractivity contribution in [2.75, 3.05) is 12.4 Å². The molecule has 0 bridgehead atoms. The summed E-state index contributed by atoms with van der Waals surface area (Å²) in [4.78, 5) is 11.5. The van der Waals surface area contributed by atoms with Crippen LogP contribution in [0.15, 0.2) is 22.7 Å². The number of hydrogen-bond donors (Lipinski definition) is 2. The highest BCUT2D eigenvalue weighted by Crippen LogP contribution is 2.27. The third-order valence-corrected chi connectivity index (χ3v) is 2.88. The average Bonchev–Trinajstić information content (AvgIpc) is 2.29. The van der Waals surface area contributed by atoms with E-state index in [0.717, 1.165) is 4.47 Å². The van der Waals surface area contributed by atoms with Gasteiger partial charge in [-0.1, -0.05) is 0 Å². The molecule has 1 aromatic rings. The normalized spacial score (nSPS) is 12.0. The third kappa shape index (κ3) is 4.75. The molecule has 0 heterocycles. The van der Waals surface area contributed by atoms with E-state index in [1.54, 1.807) is 26.2 Å². The molecule has 0 aliphatic heterocycles. The molecule has 1 rings (SSSR count). The minimum Gasteiger partial charge on any atom is -0.495 e. The lowest BCUT2D eigenvalue weighted by molar-refractivity contribution is -0.116. The van der Waals surface area contributed by atoms with Crippen molar-refractivity contribution in [3.63, 3.8) is 0 Å². The van der Waals surface area contributed by atoms with E-state index in [2.05, 4.69) is 21.2 Å². The minimum absolute atomic E-state index is 0.115. The molecule has 17 heavy (non-hydrogen) atoms. The molecule has 1 amide bonds. The summed E-state index contributed by atoms with van der Waals surface area (Å²) in [6.07, 6.45) is 0.301. The van der Waals surface area contributed by atoms with E-state index in [4.69, 9.17) is 9.84 Å². The largest absolute Gasteiger partial charge is 0.495 e. The summed E-state index contributed by atoms with van der Waals surface area (Å²) < 4.78 is 5.96. The monoisotopic (exact) mass is 301 g/mol. The number of rotatable bonds is 5. The lowest BCUT2D eigenvalue weighted by atomic mass is 10.2. The summed E-state index contributed by atoms with van der Waals surface area (Å²) in [5, 5.41) is 11.8. The van der Waals surface area contributed by atoms with Crippen LogP contribution >= 0.6 is 15.9 Å². The van der Waals surface area contributed by atoms with Crippen LogP contribution in [0.5, 0.6) is 5.75 Å². The molecule has 5 heteroatoms. The zero-order chi connectivity index (χ0) is 12.8. The number of methoxy groups -OCH3 is 1. The molecule has 94 valence electrons. The van der Waals surface area contributed by atoms with Gasteiger partial charge in [0.2, 0.25) is 5.91 Å². The van der Waals surface area contributed by atoms with E-state index in [-0.39, 0.29) is 5.91 Å². The van der Waals surface area contributed by atoms with Gasteiger partial charge in [-0.15, -0.1) is 0 Å². The number of carbonyl (C=O) groups excluding carboxylic acids is 1. The summed E-state index contributed by atoms with van der Waals surface area (Å²) in [5.74, 6) is 0.550. The molecule has 1 atom stereocenters. The molecule has 1 aromatic carbocycles. The van der Waals surface area contributed by atoms with Crippen LogP contribution in [0.25, 0.3) is 0 Å². The molecule has 0 aromatic heterocycles. The van der Waals surface area contributed by atoms with Crippen molar-refractivity contribution < 1.29 is 14.6 Å². The summed E-state index contributed by atoms with van der Waals surface area (Å²) >= 11 is 3.34. The number of ether oxygens (including phenoxy) is 1. The van der Waals surface area contributed by atoms with Crippen molar-refractivity contribution in [2.45, 2.75) is 25.9 Å². The van der Waals surface area contributed by atoms with Crippen molar-refractivity contribution in [1.29, 1.82) is 0 Å². The van der Waals surface area contributed by atoms with Gasteiger partial charge in [-0.3, -0.25) is 4.79 Å². The zero-order valence-corrected chi connectivity index (χ0v) is 11.5. The van der Waals surface area contributed by atoms with Crippen LogP contribution in [0.2, 0.25) is 0 Å². The molecule has 0 saturated carbocycles. The van der Waals surface area contributed by atoms with Gasteiger partial charge in [-0.25, -0.2) is 0 Å². The van der Waals surface area contributed by atoms with Gasteiger partial charge >= 0.3 is 0 Å². The second kappa shape index (κ2) is 6.61. The van der Waals surface area contributed by atoms with Crippen LogP contribution in [0, 0.1) is 0 Å². The van der Waals surface area contributed by atoms with Crippen LogP contribution in [0.1, 0.15) is 19.8 Å². The quantitative estimate of drug-likeness (QED) is 0.879. The van der Waals surface area contributed by atoms with Gasteiger partial charge < -0.3 is 15.2 Å². The van der Waals surface area contributed by atoms with Crippen LogP contribution < -0.4 is 10.1 Å². The number of hydrogen-bond acceptors (Lipinski definition) is 3. The molecule has 4 nitrogen and oxygen atoms in total. The standard InChI is InChI=1S/C12H16BrNO3/c1-8(15)3-6-12(16)14-9-4-5-10(13)11(7-9)17-2/h4-5,7-8,15H,3,6H2,1-2H3,(H,14,16). The Balaban J connectivity index is 2.59. The van der Waals surface area contributed by atoms with E-state index in [0.29, 0.717) is 24.3 Å². The van der Waals surface area contributed by atoms with Crippen LogP contribution in [-0.2, 0) is 4.79 Å². The zero-order valence-electron chi connectivity index (χ0n) is 9.87. The van der Waals surface area contributed by atoms with Crippen LogP contribution in [0.3, 0.4) is 0 Å².